The predicted molar refractivity (Wildman–Crippen MR) is 119 cm³/mol. The first-order valence-corrected chi connectivity index (χ1v) is 10.5. The van der Waals surface area contributed by atoms with Crippen molar-refractivity contribution < 1.29 is 23.8 Å². The van der Waals surface area contributed by atoms with Crippen LogP contribution in [0.3, 0.4) is 0 Å². The molecule has 1 N–H and O–H groups in total. The molecule has 0 radical (unpaired) electrons. The molecule has 2 rings (SSSR count). The highest BCUT2D eigenvalue weighted by Gasteiger charge is 2.26. The van der Waals surface area contributed by atoms with Crippen LogP contribution in [0.2, 0.25) is 0 Å². The van der Waals surface area contributed by atoms with Gasteiger partial charge in [-0.25, -0.2) is 0 Å². The van der Waals surface area contributed by atoms with E-state index < -0.39 is 6.04 Å². The number of para-hydroxylation sites is 2. The molecule has 0 unspecified atom stereocenters. The van der Waals surface area contributed by atoms with E-state index in [0.29, 0.717) is 23.8 Å². The highest BCUT2D eigenvalue weighted by Crippen LogP contribution is 2.26. The Balaban J connectivity index is 2.16. The normalized spacial score (nSPS) is 11.4. The number of benzene rings is 2. The summed E-state index contributed by atoms with van der Waals surface area (Å²) in [6.45, 7) is 4.41. The van der Waals surface area contributed by atoms with Crippen LogP contribution in [0.25, 0.3) is 0 Å². The van der Waals surface area contributed by atoms with Gasteiger partial charge in [0, 0.05) is 13.1 Å². The summed E-state index contributed by atoms with van der Waals surface area (Å²) in [5, 5.41) is 2.90. The van der Waals surface area contributed by atoms with E-state index in [1.807, 2.05) is 30.3 Å². The number of ether oxygens (including phenoxy) is 3. The van der Waals surface area contributed by atoms with Gasteiger partial charge in [-0.3, -0.25) is 9.59 Å². The summed E-state index contributed by atoms with van der Waals surface area (Å²) in [5.41, 5.74) is 0.859. The van der Waals surface area contributed by atoms with Crippen molar-refractivity contribution in [2.45, 2.75) is 39.3 Å². The summed E-state index contributed by atoms with van der Waals surface area (Å²) in [6.07, 6.45) is 1.87. The molecule has 0 aromatic heterocycles. The molecule has 1 atom stereocenters. The maximum atomic E-state index is 13.1. The van der Waals surface area contributed by atoms with Crippen LogP contribution >= 0.6 is 0 Å². The minimum Gasteiger partial charge on any atom is -0.497 e. The predicted octanol–water partition coefficient (Wildman–Crippen LogP) is 3.42. The van der Waals surface area contributed by atoms with E-state index in [4.69, 9.17) is 14.2 Å². The Hall–Kier alpha value is -3.22. The van der Waals surface area contributed by atoms with E-state index >= 15 is 0 Å². The number of nitrogens with one attached hydrogen (secondary N) is 1. The molecule has 2 amide bonds. The third-order valence-corrected chi connectivity index (χ3v) is 4.90. The quantitative estimate of drug-likeness (QED) is 0.524. The van der Waals surface area contributed by atoms with E-state index in [1.165, 1.54) is 4.90 Å². The maximum absolute atomic E-state index is 13.1. The number of rotatable bonds is 12. The zero-order valence-electron chi connectivity index (χ0n) is 18.7. The van der Waals surface area contributed by atoms with Gasteiger partial charge in [-0.1, -0.05) is 37.6 Å². The van der Waals surface area contributed by atoms with Gasteiger partial charge >= 0.3 is 0 Å². The van der Waals surface area contributed by atoms with Gasteiger partial charge in [0.25, 0.3) is 5.91 Å². The highest BCUT2D eigenvalue weighted by atomic mass is 16.5. The van der Waals surface area contributed by atoms with Crippen molar-refractivity contribution >= 4 is 11.8 Å². The molecule has 0 saturated heterocycles. The van der Waals surface area contributed by atoms with E-state index in [2.05, 4.69) is 12.2 Å². The van der Waals surface area contributed by atoms with Crippen molar-refractivity contribution in [3.8, 4) is 17.2 Å². The molecule has 0 aliphatic carbocycles. The molecule has 7 heteroatoms. The Morgan fingerprint density at radius 3 is 2.45 bits per heavy atom. The van der Waals surface area contributed by atoms with Crippen LogP contribution in [-0.4, -0.2) is 50.1 Å². The van der Waals surface area contributed by atoms with Crippen LogP contribution in [0.15, 0.2) is 48.5 Å². The molecule has 0 heterocycles. The monoisotopic (exact) mass is 428 g/mol. The first-order valence-electron chi connectivity index (χ1n) is 10.5. The summed E-state index contributed by atoms with van der Waals surface area (Å²) in [4.78, 5) is 27.3. The Kier molecular flexibility index (Phi) is 9.68. The van der Waals surface area contributed by atoms with Gasteiger partial charge in [0.05, 0.1) is 14.2 Å². The van der Waals surface area contributed by atoms with Crippen molar-refractivity contribution in [3.63, 3.8) is 0 Å². The fourth-order valence-corrected chi connectivity index (χ4v) is 3.05. The third kappa shape index (κ3) is 7.20. The highest BCUT2D eigenvalue weighted by molar-refractivity contribution is 5.88. The first kappa shape index (κ1) is 24.1. The first-order chi connectivity index (χ1) is 15.0. The summed E-state index contributed by atoms with van der Waals surface area (Å²) in [7, 11) is 3.13. The maximum Gasteiger partial charge on any atom is 0.261 e. The largest absolute Gasteiger partial charge is 0.497 e. The number of carbonyl (C=O) groups excluding carboxylic acids is 2. The number of hydrogen-bond acceptors (Lipinski definition) is 5. The Morgan fingerprint density at radius 1 is 1.03 bits per heavy atom. The van der Waals surface area contributed by atoms with Crippen LogP contribution < -0.4 is 19.5 Å². The lowest BCUT2D eigenvalue weighted by molar-refractivity contribution is -0.142. The molecule has 168 valence electrons. The molecular formula is C24H32N2O5. The number of nitrogens with zero attached hydrogens (tertiary/aromatic N) is 1. The van der Waals surface area contributed by atoms with Gasteiger partial charge in [0.15, 0.2) is 18.1 Å². The molecule has 0 saturated carbocycles. The molecule has 0 spiro atoms. The summed E-state index contributed by atoms with van der Waals surface area (Å²) in [5.74, 6) is 1.21. The topological polar surface area (TPSA) is 77.1 Å². The average molecular weight is 429 g/mol. The van der Waals surface area contributed by atoms with Gasteiger partial charge in [0.2, 0.25) is 5.91 Å². The molecule has 0 aliphatic rings. The lowest BCUT2D eigenvalue weighted by Crippen LogP contribution is -2.49. The SMILES string of the molecule is CCCCNC(=O)[C@@H](C)N(Cc1cccc(OC)c1)C(=O)COc1ccccc1OC. The number of carbonyl (C=O) groups is 2. The zero-order chi connectivity index (χ0) is 22.6. The number of amides is 2. The van der Waals surface area contributed by atoms with Crippen LogP contribution in [0.4, 0.5) is 0 Å². The minimum atomic E-state index is -0.656. The molecule has 7 nitrogen and oxygen atoms in total. The molecule has 0 bridgehead atoms. The van der Waals surface area contributed by atoms with Crippen molar-refractivity contribution in [1.82, 2.24) is 10.2 Å². The molecular weight excluding hydrogens is 396 g/mol. The molecule has 2 aromatic rings. The Morgan fingerprint density at radius 2 is 1.77 bits per heavy atom. The van der Waals surface area contributed by atoms with Gasteiger partial charge in [-0.15, -0.1) is 0 Å². The van der Waals surface area contributed by atoms with Crippen molar-refractivity contribution in [2.75, 3.05) is 27.4 Å². The van der Waals surface area contributed by atoms with Crippen LogP contribution in [-0.2, 0) is 16.1 Å². The van der Waals surface area contributed by atoms with E-state index in [-0.39, 0.29) is 25.0 Å². The van der Waals surface area contributed by atoms with Crippen molar-refractivity contribution in [1.29, 1.82) is 0 Å². The minimum absolute atomic E-state index is 0.193. The smallest absolute Gasteiger partial charge is 0.261 e. The van der Waals surface area contributed by atoms with E-state index in [0.717, 1.165) is 18.4 Å². The van der Waals surface area contributed by atoms with E-state index in [1.54, 1.807) is 39.3 Å². The number of hydrogen-bond donors (Lipinski definition) is 1. The third-order valence-electron chi connectivity index (χ3n) is 4.90. The lowest BCUT2D eigenvalue weighted by atomic mass is 10.1. The van der Waals surface area contributed by atoms with Gasteiger partial charge in [-0.2, -0.15) is 0 Å². The van der Waals surface area contributed by atoms with Crippen LogP contribution in [0, 0.1) is 0 Å². The van der Waals surface area contributed by atoms with Crippen molar-refractivity contribution in [2.24, 2.45) is 0 Å². The molecule has 0 fully saturated rings. The van der Waals surface area contributed by atoms with Gasteiger partial charge in [0.1, 0.15) is 11.8 Å². The zero-order valence-corrected chi connectivity index (χ0v) is 18.7. The van der Waals surface area contributed by atoms with E-state index in [9.17, 15) is 9.59 Å². The average Bonchev–Trinajstić information content (AvgIpc) is 2.80. The molecule has 31 heavy (non-hydrogen) atoms. The molecule has 2 aromatic carbocycles. The lowest BCUT2D eigenvalue weighted by Gasteiger charge is -2.29. The number of unbranched alkanes of at least 4 members (excludes halogenated alkanes) is 1. The fourth-order valence-electron chi connectivity index (χ4n) is 3.05. The number of methoxy groups -OCH3 is 2. The van der Waals surface area contributed by atoms with Crippen molar-refractivity contribution in [3.05, 3.63) is 54.1 Å². The summed E-state index contributed by atoms with van der Waals surface area (Å²) in [6, 6.07) is 13.9. The van der Waals surface area contributed by atoms with Gasteiger partial charge in [-0.05, 0) is 43.2 Å². The van der Waals surface area contributed by atoms with Gasteiger partial charge < -0.3 is 24.4 Å². The second-order valence-electron chi connectivity index (χ2n) is 7.13. The second kappa shape index (κ2) is 12.5. The Labute approximate surface area is 184 Å². The van der Waals surface area contributed by atoms with Crippen LogP contribution in [0.5, 0.6) is 17.2 Å². The molecule has 0 aliphatic heterocycles. The van der Waals surface area contributed by atoms with Crippen LogP contribution in [0.1, 0.15) is 32.3 Å². The second-order valence-corrected chi connectivity index (χ2v) is 7.13. The summed E-state index contributed by atoms with van der Waals surface area (Å²) >= 11 is 0. The fraction of sp³-hybridized carbons (Fsp3) is 0.417. The Bertz CT molecular complexity index is 855. The standard InChI is InChI=1S/C24H32N2O5/c1-5-6-14-25-24(28)18(2)26(16-19-10-9-11-20(15-19)29-3)23(27)17-31-22-13-8-7-12-21(22)30-4/h7-13,15,18H,5-6,14,16-17H2,1-4H3,(H,25,28)/t18-/m1/s1. The summed E-state index contributed by atoms with van der Waals surface area (Å²) < 4.78 is 16.3.